The van der Waals surface area contributed by atoms with Crippen LogP contribution >= 0.6 is 0 Å². The summed E-state index contributed by atoms with van der Waals surface area (Å²) in [4.78, 5) is 28.4. The second-order valence-corrected chi connectivity index (χ2v) is 8.57. The number of benzene rings is 2. The van der Waals surface area contributed by atoms with Crippen LogP contribution in [0.15, 0.2) is 72.9 Å². The molecule has 0 spiro atoms. The molecule has 1 saturated heterocycles. The molecule has 0 saturated carbocycles. The number of nitrogens with two attached hydrogens (primary N) is 1. The lowest BCUT2D eigenvalue weighted by Gasteiger charge is -2.15. The number of para-hydroxylation sites is 1. The predicted octanol–water partition coefficient (Wildman–Crippen LogP) is 3.33. The number of likely N-dealkylation sites (tertiary alicyclic amines) is 1. The zero-order valence-electron chi connectivity index (χ0n) is 19.4. The summed E-state index contributed by atoms with van der Waals surface area (Å²) >= 11 is 0. The number of ether oxygens (including phenoxy) is 1. The molecule has 2 heterocycles. The number of likely N-dealkylation sites (N-methyl/N-ethyl adjacent to an activating group) is 1. The van der Waals surface area contributed by atoms with Crippen LogP contribution in [0.5, 0.6) is 11.5 Å². The number of hydrogen-bond acceptors (Lipinski definition) is 5. The highest BCUT2D eigenvalue weighted by atomic mass is 16.5. The number of rotatable bonds is 8. The molecule has 1 fully saturated rings. The van der Waals surface area contributed by atoms with E-state index in [0.717, 1.165) is 17.7 Å². The molecule has 0 radical (unpaired) electrons. The molecule has 34 heavy (non-hydrogen) atoms. The van der Waals surface area contributed by atoms with Gasteiger partial charge in [0.2, 0.25) is 5.91 Å². The van der Waals surface area contributed by atoms with Crippen LogP contribution in [0.2, 0.25) is 0 Å². The van der Waals surface area contributed by atoms with Crippen molar-refractivity contribution in [2.45, 2.75) is 12.5 Å². The van der Waals surface area contributed by atoms with Gasteiger partial charge in [-0.15, -0.1) is 0 Å². The molecule has 8 nitrogen and oxygen atoms in total. The summed E-state index contributed by atoms with van der Waals surface area (Å²) < 4.78 is 7.61. The lowest BCUT2D eigenvalue weighted by atomic mass is 10.1. The molecule has 1 atom stereocenters. The molecule has 1 aliphatic rings. The quantitative estimate of drug-likeness (QED) is 0.522. The van der Waals surface area contributed by atoms with Gasteiger partial charge in [-0.3, -0.25) is 14.3 Å². The van der Waals surface area contributed by atoms with Crippen LogP contribution in [-0.4, -0.2) is 65.1 Å². The van der Waals surface area contributed by atoms with Gasteiger partial charge in [0.25, 0.3) is 5.91 Å². The Kier molecular flexibility index (Phi) is 7.08. The Morgan fingerprint density at radius 1 is 1.12 bits per heavy atom. The fraction of sp³-hybridized carbons (Fsp3) is 0.269. The average molecular weight is 460 g/mol. The molecule has 2 amide bonds. The first-order chi connectivity index (χ1) is 16.4. The molecular weight excluding hydrogens is 430 g/mol. The number of carbonyl (C=O) groups excluding carboxylic acids is 2. The maximum atomic E-state index is 12.5. The van der Waals surface area contributed by atoms with Crippen molar-refractivity contribution < 1.29 is 14.3 Å². The Bertz CT molecular complexity index is 1170. The highest BCUT2D eigenvalue weighted by Crippen LogP contribution is 2.29. The zero-order chi connectivity index (χ0) is 24.1. The largest absolute Gasteiger partial charge is 0.457 e. The van der Waals surface area contributed by atoms with Gasteiger partial charge in [0.15, 0.2) is 0 Å². The van der Waals surface area contributed by atoms with Gasteiger partial charge in [-0.1, -0.05) is 24.3 Å². The third-order valence-electron chi connectivity index (χ3n) is 5.68. The van der Waals surface area contributed by atoms with Crippen molar-refractivity contribution in [1.29, 1.82) is 0 Å². The molecular formula is C26H29N5O3. The first kappa shape index (κ1) is 23.3. The molecule has 0 bridgehead atoms. The molecule has 176 valence electrons. The standard InChI is InChI=1S/C26H29N5O3/c1-29(2)15-6-9-24(32)30-16-14-20(17-30)31-18-23(26(27)33)25(28-31)19-10-12-22(13-11-19)34-21-7-4-3-5-8-21/h3-13,18,20H,14-17H2,1-2H3,(H2,27,33)/b9-6+. The third kappa shape index (κ3) is 5.52. The predicted molar refractivity (Wildman–Crippen MR) is 131 cm³/mol. The minimum absolute atomic E-state index is 0.0131. The Morgan fingerprint density at radius 2 is 1.82 bits per heavy atom. The smallest absolute Gasteiger partial charge is 0.252 e. The van der Waals surface area contributed by atoms with Crippen LogP contribution in [0.4, 0.5) is 0 Å². The number of carbonyl (C=O) groups is 2. The van der Waals surface area contributed by atoms with Crippen molar-refractivity contribution in [3.8, 4) is 22.8 Å². The van der Waals surface area contributed by atoms with Crippen LogP contribution in [-0.2, 0) is 4.79 Å². The molecule has 1 aliphatic heterocycles. The minimum Gasteiger partial charge on any atom is -0.457 e. The lowest BCUT2D eigenvalue weighted by Crippen LogP contribution is -2.27. The molecule has 4 rings (SSSR count). The zero-order valence-corrected chi connectivity index (χ0v) is 19.4. The summed E-state index contributed by atoms with van der Waals surface area (Å²) in [6.45, 7) is 1.89. The Balaban J connectivity index is 1.48. The monoisotopic (exact) mass is 459 g/mol. The van der Waals surface area contributed by atoms with Gasteiger partial charge in [-0.25, -0.2) is 0 Å². The van der Waals surface area contributed by atoms with Gasteiger partial charge in [0, 0.05) is 37.5 Å². The molecule has 1 aromatic heterocycles. The Hall–Kier alpha value is -3.91. The van der Waals surface area contributed by atoms with Crippen molar-refractivity contribution in [3.05, 3.63) is 78.5 Å². The van der Waals surface area contributed by atoms with Gasteiger partial charge < -0.3 is 20.3 Å². The normalized spacial score (nSPS) is 15.9. The summed E-state index contributed by atoms with van der Waals surface area (Å²) in [5.74, 6) is 0.876. The van der Waals surface area contributed by atoms with Crippen LogP contribution in [0.1, 0.15) is 22.8 Å². The van der Waals surface area contributed by atoms with E-state index in [1.54, 1.807) is 21.9 Å². The van der Waals surface area contributed by atoms with Crippen LogP contribution in [0, 0.1) is 0 Å². The van der Waals surface area contributed by atoms with Crippen molar-refractivity contribution in [2.75, 3.05) is 33.7 Å². The summed E-state index contributed by atoms with van der Waals surface area (Å²) in [6, 6.07) is 16.9. The van der Waals surface area contributed by atoms with Crippen LogP contribution in [0.3, 0.4) is 0 Å². The molecule has 3 aromatic rings. The van der Waals surface area contributed by atoms with Crippen LogP contribution < -0.4 is 10.5 Å². The van der Waals surface area contributed by atoms with Gasteiger partial charge in [0.05, 0.1) is 11.6 Å². The highest BCUT2D eigenvalue weighted by molar-refractivity contribution is 5.98. The second kappa shape index (κ2) is 10.4. The number of amides is 2. The Labute approximate surface area is 199 Å². The van der Waals surface area contributed by atoms with Gasteiger partial charge in [-0.2, -0.15) is 5.10 Å². The van der Waals surface area contributed by atoms with E-state index < -0.39 is 5.91 Å². The maximum absolute atomic E-state index is 12.5. The summed E-state index contributed by atoms with van der Waals surface area (Å²) in [6.07, 6.45) is 5.92. The van der Waals surface area contributed by atoms with E-state index in [1.807, 2.05) is 79.7 Å². The van der Waals surface area contributed by atoms with E-state index in [0.29, 0.717) is 36.6 Å². The number of nitrogens with zero attached hydrogens (tertiary/aromatic N) is 4. The molecule has 2 aromatic carbocycles. The summed E-state index contributed by atoms with van der Waals surface area (Å²) in [7, 11) is 3.91. The highest BCUT2D eigenvalue weighted by Gasteiger charge is 2.28. The lowest BCUT2D eigenvalue weighted by molar-refractivity contribution is -0.125. The van der Waals surface area contributed by atoms with Gasteiger partial charge in [0.1, 0.15) is 17.2 Å². The van der Waals surface area contributed by atoms with E-state index in [9.17, 15) is 9.59 Å². The van der Waals surface area contributed by atoms with Crippen molar-refractivity contribution in [2.24, 2.45) is 5.73 Å². The van der Waals surface area contributed by atoms with Crippen molar-refractivity contribution in [3.63, 3.8) is 0 Å². The summed E-state index contributed by atoms with van der Waals surface area (Å²) in [5.41, 5.74) is 7.30. The third-order valence-corrected chi connectivity index (χ3v) is 5.68. The number of aromatic nitrogens is 2. The van der Waals surface area contributed by atoms with E-state index in [2.05, 4.69) is 5.10 Å². The average Bonchev–Trinajstić information content (AvgIpc) is 3.48. The number of hydrogen-bond donors (Lipinski definition) is 1. The van der Waals surface area contributed by atoms with E-state index in [-0.39, 0.29) is 11.9 Å². The fourth-order valence-electron chi connectivity index (χ4n) is 3.91. The van der Waals surface area contributed by atoms with Gasteiger partial charge >= 0.3 is 0 Å². The van der Waals surface area contributed by atoms with Crippen LogP contribution in [0.25, 0.3) is 11.3 Å². The SMILES string of the molecule is CN(C)C/C=C/C(=O)N1CCC(n2cc(C(N)=O)c(-c3ccc(Oc4ccccc4)cc3)n2)C1. The first-order valence-electron chi connectivity index (χ1n) is 11.2. The fourth-order valence-corrected chi connectivity index (χ4v) is 3.91. The first-order valence-corrected chi connectivity index (χ1v) is 11.2. The van der Waals surface area contributed by atoms with E-state index in [1.165, 1.54) is 0 Å². The number of primary amides is 1. The van der Waals surface area contributed by atoms with E-state index >= 15 is 0 Å². The Morgan fingerprint density at radius 3 is 2.50 bits per heavy atom. The molecule has 2 N–H and O–H groups in total. The molecule has 1 unspecified atom stereocenters. The second-order valence-electron chi connectivity index (χ2n) is 8.57. The van der Waals surface area contributed by atoms with E-state index in [4.69, 9.17) is 10.5 Å². The minimum atomic E-state index is -0.539. The van der Waals surface area contributed by atoms with Gasteiger partial charge in [-0.05, 0) is 56.9 Å². The van der Waals surface area contributed by atoms with Crippen molar-refractivity contribution >= 4 is 11.8 Å². The molecule has 8 heteroatoms. The van der Waals surface area contributed by atoms with Crippen molar-refractivity contribution in [1.82, 2.24) is 19.6 Å². The maximum Gasteiger partial charge on any atom is 0.252 e. The molecule has 0 aliphatic carbocycles. The summed E-state index contributed by atoms with van der Waals surface area (Å²) in [5, 5.41) is 4.69. The topological polar surface area (TPSA) is 93.7 Å².